The number of halogens is 2. The minimum absolute atomic E-state index is 0.0395. The molecule has 0 radical (unpaired) electrons. The van der Waals surface area contributed by atoms with E-state index >= 15 is 0 Å². The van der Waals surface area contributed by atoms with E-state index in [-0.39, 0.29) is 12.6 Å². The number of aliphatic hydroxyl groups excluding tert-OH is 1. The Labute approximate surface area is 140 Å². The first-order valence-corrected chi connectivity index (χ1v) is 8.84. The van der Waals surface area contributed by atoms with Gasteiger partial charge in [-0.1, -0.05) is 40.0 Å². The van der Waals surface area contributed by atoms with Gasteiger partial charge in [-0.15, -0.1) is 0 Å². The molecule has 2 rings (SSSR count). The van der Waals surface area contributed by atoms with E-state index in [4.69, 9.17) is 17.3 Å². The highest BCUT2D eigenvalue weighted by Gasteiger charge is 2.22. The molecule has 3 N–H and O–H groups in total. The summed E-state index contributed by atoms with van der Waals surface area (Å²) in [5, 5.41) is 9.91. The molecule has 1 heterocycles. The van der Waals surface area contributed by atoms with Crippen LogP contribution in [0, 0.1) is 0 Å². The van der Waals surface area contributed by atoms with Crippen molar-refractivity contribution in [2.24, 2.45) is 5.73 Å². The van der Waals surface area contributed by atoms with Gasteiger partial charge in [-0.05, 0) is 49.9 Å². The van der Waals surface area contributed by atoms with Crippen molar-refractivity contribution in [2.45, 2.75) is 44.2 Å². The first-order valence-electron chi connectivity index (χ1n) is 7.67. The van der Waals surface area contributed by atoms with E-state index in [9.17, 15) is 5.11 Å². The Morgan fingerprint density at radius 3 is 2.95 bits per heavy atom. The van der Waals surface area contributed by atoms with Crippen molar-refractivity contribution >= 4 is 27.5 Å². The van der Waals surface area contributed by atoms with E-state index in [2.05, 4.69) is 20.8 Å². The predicted molar refractivity (Wildman–Crippen MR) is 91.6 cm³/mol. The van der Waals surface area contributed by atoms with Crippen LogP contribution in [0.25, 0.3) is 0 Å². The monoisotopic (exact) mass is 374 g/mol. The van der Waals surface area contributed by atoms with Crippen LogP contribution in [0.2, 0.25) is 5.02 Å². The fraction of sp³-hybridized carbons (Fsp3) is 0.625. The molecule has 118 valence electrons. The lowest BCUT2D eigenvalue weighted by Crippen LogP contribution is -2.41. The van der Waals surface area contributed by atoms with E-state index in [1.54, 1.807) is 0 Å². The first-order chi connectivity index (χ1) is 10.1. The number of nitrogens with two attached hydrogens (primary N) is 1. The number of piperidine rings is 1. The molecule has 3 nitrogen and oxygen atoms in total. The molecule has 0 spiro atoms. The molecule has 0 aromatic heterocycles. The second kappa shape index (κ2) is 8.49. The summed E-state index contributed by atoms with van der Waals surface area (Å²) in [5.41, 5.74) is 7.32. The lowest BCUT2D eigenvalue weighted by atomic mass is 9.98. The van der Waals surface area contributed by atoms with Crippen molar-refractivity contribution in [3.8, 4) is 0 Å². The van der Waals surface area contributed by atoms with E-state index in [1.165, 1.54) is 19.3 Å². The molecule has 1 saturated heterocycles. The van der Waals surface area contributed by atoms with Gasteiger partial charge in [-0.25, -0.2) is 0 Å². The van der Waals surface area contributed by atoms with Crippen LogP contribution < -0.4 is 5.73 Å². The third-order valence-electron chi connectivity index (χ3n) is 4.30. The molecule has 2 unspecified atom stereocenters. The SMILES string of the molecule is NC(CCN1CCCCC1CCO)c1ccc(Br)cc1Cl. The number of rotatable bonds is 6. The van der Waals surface area contributed by atoms with E-state index in [1.807, 2.05) is 18.2 Å². The number of benzene rings is 1. The van der Waals surface area contributed by atoms with Crippen molar-refractivity contribution in [3.63, 3.8) is 0 Å². The number of hydrogen-bond acceptors (Lipinski definition) is 3. The molecule has 1 aromatic carbocycles. The molecule has 1 aliphatic rings. The quantitative estimate of drug-likeness (QED) is 0.796. The molecule has 0 amide bonds. The number of nitrogens with zero attached hydrogens (tertiary/aromatic N) is 1. The lowest BCUT2D eigenvalue weighted by Gasteiger charge is -2.36. The summed E-state index contributed by atoms with van der Waals surface area (Å²) in [6.07, 6.45) is 5.47. The van der Waals surface area contributed by atoms with Crippen molar-refractivity contribution < 1.29 is 5.11 Å². The summed E-state index contributed by atoms with van der Waals surface area (Å²) in [5.74, 6) is 0. The molecule has 0 aliphatic carbocycles. The van der Waals surface area contributed by atoms with Crippen molar-refractivity contribution in [1.29, 1.82) is 0 Å². The molecule has 1 fully saturated rings. The van der Waals surface area contributed by atoms with Crippen LogP contribution in [0.3, 0.4) is 0 Å². The largest absolute Gasteiger partial charge is 0.396 e. The molecule has 0 bridgehead atoms. The van der Waals surface area contributed by atoms with Crippen LogP contribution in [0.4, 0.5) is 0 Å². The highest BCUT2D eigenvalue weighted by atomic mass is 79.9. The Bertz CT molecular complexity index is 456. The summed E-state index contributed by atoms with van der Waals surface area (Å²) in [6, 6.07) is 6.35. The number of likely N-dealkylation sites (tertiary alicyclic amines) is 1. The van der Waals surface area contributed by atoms with Gasteiger partial charge < -0.3 is 15.7 Å². The summed E-state index contributed by atoms with van der Waals surface area (Å²) in [6.45, 7) is 2.36. The standard InChI is InChI=1S/C16H24BrClN2O/c17-12-4-5-14(15(18)11-12)16(19)6-9-20-8-2-1-3-13(20)7-10-21/h4-5,11,13,16,21H,1-3,6-10,19H2. The van der Waals surface area contributed by atoms with Gasteiger partial charge in [0.25, 0.3) is 0 Å². The molecular formula is C16H24BrClN2O. The number of aliphatic hydroxyl groups is 1. The first kappa shape index (κ1) is 17.2. The van der Waals surface area contributed by atoms with Gasteiger partial charge in [0.1, 0.15) is 0 Å². The topological polar surface area (TPSA) is 49.5 Å². The van der Waals surface area contributed by atoms with Crippen LogP contribution in [0.5, 0.6) is 0 Å². The second-order valence-corrected chi connectivity index (χ2v) is 7.08. The molecule has 0 saturated carbocycles. The summed E-state index contributed by atoms with van der Waals surface area (Å²) in [4.78, 5) is 2.48. The highest BCUT2D eigenvalue weighted by molar-refractivity contribution is 9.10. The lowest BCUT2D eigenvalue weighted by molar-refractivity contribution is 0.116. The Morgan fingerprint density at radius 2 is 2.24 bits per heavy atom. The molecular weight excluding hydrogens is 352 g/mol. The summed E-state index contributed by atoms with van der Waals surface area (Å²) in [7, 11) is 0. The van der Waals surface area contributed by atoms with Gasteiger partial charge in [0.05, 0.1) is 0 Å². The Kier molecular flexibility index (Phi) is 6.96. The van der Waals surface area contributed by atoms with Crippen molar-refractivity contribution in [1.82, 2.24) is 4.90 Å². The molecule has 21 heavy (non-hydrogen) atoms. The Morgan fingerprint density at radius 1 is 1.43 bits per heavy atom. The van der Waals surface area contributed by atoms with Crippen LogP contribution in [-0.2, 0) is 0 Å². The highest BCUT2D eigenvalue weighted by Crippen LogP contribution is 2.28. The Hall–Kier alpha value is -0.130. The minimum atomic E-state index is -0.0395. The van der Waals surface area contributed by atoms with Gasteiger partial charge in [0, 0.05) is 34.7 Å². The third-order valence-corrected chi connectivity index (χ3v) is 5.12. The zero-order valence-corrected chi connectivity index (χ0v) is 14.6. The predicted octanol–water partition coefficient (Wildman–Crippen LogP) is 3.73. The number of hydrogen-bond donors (Lipinski definition) is 2. The van der Waals surface area contributed by atoms with Gasteiger partial charge in [0.2, 0.25) is 0 Å². The van der Waals surface area contributed by atoms with Crippen molar-refractivity contribution in [2.75, 3.05) is 19.7 Å². The third kappa shape index (κ3) is 4.93. The van der Waals surface area contributed by atoms with Gasteiger partial charge in [-0.3, -0.25) is 0 Å². The maximum absolute atomic E-state index is 9.18. The second-order valence-electron chi connectivity index (χ2n) is 5.76. The van der Waals surface area contributed by atoms with Crippen LogP contribution in [-0.4, -0.2) is 35.7 Å². The summed E-state index contributed by atoms with van der Waals surface area (Å²) >= 11 is 9.68. The van der Waals surface area contributed by atoms with Gasteiger partial charge in [0.15, 0.2) is 0 Å². The zero-order valence-electron chi connectivity index (χ0n) is 12.3. The van der Waals surface area contributed by atoms with E-state index < -0.39 is 0 Å². The molecule has 5 heteroatoms. The maximum Gasteiger partial charge on any atom is 0.0464 e. The zero-order chi connectivity index (χ0) is 15.2. The van der Waals surface area contributed by atoms with Gasteiger partial charge >= 0.3 is 0 Å². The average Bonchev–Trinajstić information content (AvgIpc) is 2.46. The molecule has 1 aliphatic heterocycles. The van der Waals surface area contributed by atoms with Gasteiger partial charge in [-0.2, -0.15) is 0 Å². The normalized spacial score (nSPS) is 21.4. The van der Waals surface area contributed by atoms with Crippen LogP contribution >= 0.6 is 27.5 Å². The maximum atomic E-state index is 9.18. The van der Waals surface area contributed by atoms with E-state index in [0.717, 1.165) is 41.0 Å². The fourth-order valence-electron chi connectivity index (χ4n) is 3.09. The Balaban J connectivity index is 1.91. The average molecular weight is 376 g/mol. The summed E-state index contributed by atoms with van der Waals surface area (Å²) < 4.78 is 0.975. The minimum Gasteiger partial charge on any atom is -0.396 e. The van der Waals surface area contributed by atoms with Crippen LogP contribution in [0.1, 0.15) is 43.7 Å². The smallest absolute Gasteiger partial charge is 0.0464 e. The van der Waals surface area contributed by atoms with Crippen molar-refractivity contribution in [3.05, 3.63) is 33.3 Å². The van der Waals surface area contributed by atoms with E-state index in [0.29, 0.717) is 6.04 Å². The van der Waals surface area contributed by atoms with Crippen LogP contribution in [0.15, 0.2) is 22.7 Å². The molecule has 2 atom stereocenters. The fourth-order valence-corrected chi connectivity index (χ4v) is 3.91. The molecule has 1 aromatic rings.